The maximum absolute atomic E-state index is 12.7. The highest BCUT2D eigenvalue weighted by Crippen LogP contribution is 2.24. The van der Waals surface area contributed by atoms with Crippen LogP contribution in [0, 0.1) is 13.8 Å². The lowest BCUT2D eigenvalue weighted by atomic mass is 10.1. The van der Waals surface area contributed by atoms with Crippen molar-refractivity contribution in [1.29, 1.82) is 0 Å². The smallest absolute Gasteiger partial charge is 0.243 e. The number of benzene rings is 1. The van der Waals surface area contributed by atoms with Gasteiger partial charge in [0, 0.05) is 30.4 Å². The number of pyridine rings is 1. The minimum atomic E-state index is -3.46. The number of hydrogen-bond donors (Lipinski definition) is 1. The van der Waals surface area contributed by atoms with Gasteiger partial charge in [0.25, 0.3) is 0 Å². The van der Waals surface area contributed by atoms with Gasteiger partial charge in [-0.3, -0.25) is 9.78 Å². The molecular formula is C22H29N3O4S. The summed E-state index contributed by atoms with van der Waals surface area (Å²) in [6, 6.07) is 6.58. The minimum absolute atomic E-state index is 0.151. The number of nitrogens with one attached hydrogen (secondary N) is 1. The minimum Gasteiger partial charge on any atom is -0.496 e. The summed E-state index contributed by atoms with van der Waals surface area (Å²) in [5.41, 5.74) is 3.37. The van der Waals surface area contributed by atoms with E-state index in [2.05, 4.69) is 10.3 Å². The lowest BCUT2D eigenvalue weighted by Crippen LogP contribution is -2.35. The summed E-state index contributed by atoms with van der Waals surface area (Å²) in [7, 11) is -1.84. The van der Waals surface area contributed by atoms with E-state index in [4.69, 9.17) is 4.74 Å². The summed E-state index contributed by atoms with van der Waals surface area (Å²) in [5.74, 6) is 0.627. The number of aryl methyl sites for hydroxylation is 1. The van der Waals surface area contributed by atoms with E-state index in [0.717, 1.165) is 47.4 Å². The third-order valence-corrected chi connectivity index (χ3v) is 7.36. The fourth-order valence-electron chi connectivity index (χ4n) is 3.71. The van der Waals surface area contributed by atoms with Crippen molar-refractivity contribution >= 4 is 15.9 Å². The largest absolute Gasteiger partial charge is 0.496 e. The van der Waals surface area contributed by atoms with Gasteiger partial charge in [-0.25, -0.2) is 8.42 Å². The highest BCUT2D eigenvalue weighted by molar-refractivity contribution is 7.89. The maximum atomic E-state index is 12.7. The second-order valence-corrected chi connectivity index (χ2v) is 9.55. The third kappa shape index (κ3) is 4.99. The first-order valence-corrected chi connectivity index (χ1v) is 11.6. The van der Waals surface area contributed by atoms with Gasteiger partial charge in [0.1, 0.15) is 5.75 Å². The summed E-state index contributed by atoms with van der Waals surface area (Å²) in [6.07, 6.45) is 4.78. The molecule has 1 aliphatic heterocycles. The molecule has 3 rings (SSSR count). The lowest BCUT2D eigenvalue weighted by Gasteiger charge is -2.25. The zero-order valence-electron chi connectivity index (χ0n) is 17.8. The topological polar surface area (TPSA) is 88.6 Å². The van der Waals surface area contributed by atoms with Gasteiger partial charge in [0.05, 0.1) is 30.7 Å². The molecule has 0 radical (unpaired) electrons. The van der Waals surface area contributed by atoms with E-state index in [-0.39, 0.29) is 17.2 Å². The number of hydrogen-bond acceptors (Lipinski definition) is 5. The molecule has 1 amide bonds. The van der Waals surface area contributed by atoms with Crippen molar-refractivity contribution < 1.29 is 17.9 Å². The number of rotatable bonds is 7. The average molecular weight is 432 g/mol. The standard InChI is InChI=1S/C22H29N3O4S/c1-16-14-23-20(17(2)22(16)29-3)15-24-21(26)13-18-7-9-19(10-8-18)30(27,28)25-11-5-4-6-12-25/h7-10,14H,4-6,11-13,15H2,1-3H3,(H,24,26). The van der Waals surface area contributed by atoms with E-state index in [0.29, 0.717) is 19.6 Å². The Kier molecular flexibility index (Phi) is 7.10. The molecule has 1 aromatic carbocycles. The average Bonchev–Trinajstić information content (AvgIpc) is 2.74. The van der Waals surface area contributed by atoms with Crippen LogP contribution in [0.25, 0.3) is 0 Å². The number of piperidine rings is 1. The summed E-state index contributed by atoms with van der Waals surface area (Å²) in [6.45, 7) is 5.30. The summed E-state index contributed by atoms with van der Waals surface area (Å²) in [5, 5.41) is 2.87. The molecule has 0 unspecified atom stereocenters. The maximum Gasteiger partial charge on any atom is 0.243 e. The van der Waals surface area contributed by atoms with Crippen molar-refractivity contribution in [1.82, 2.24) is 14.6 Å². The van der Waals surface area contributed by atoms with Gasteiger partial charge in [-0.15, -0.1) is 0 Å². The van der Waals surface area contributed by atoms with Crippen LogP contribution in [0.5, 0.6) is 5.75 Å². The Hall–Kier alpha value is -2.45. The summed E-state index contributed by atoms with van der Waals surface area (Å²) < 4.78 is 32.4. The van der Waals surface area contributed by atoms with Gasteiger partial charge >= 0.3 is 0 Å². The number of ether oxygens (including phenoxy) is 1. The van der Waals surface area contributed by atoms with Crippen molar-refractivity contribution in [2.24, 2.45) is 0 Å². The van der Waals surface area contributed by atoms with Crippen LogP contribution in [0.4, 0.5) is 0 Å². The number of carbonyl (C=O) groups excluding carboxylic acids is 1. The van der Waals surface area contributed by atoms with E-state index in [1.54, 1.807) is 41.9 Å². The first-order chi connectivity index (χ1) is 14.3. The Morgan fingerprint density at radius 1 is 1.13 bits per heavy atom. The molecule has 8 heteroatoms. The van der Waals surface area contributed by atoms with Gasteiger partial charge in [-0.05, 0) is 44.4 Å². The van der Waals surface area contributed by atoms with Crippen molar-refractivity contribution in [3.05, 3.63) is 52.8 Å². The van der Waals surface area contributed by atoms with Gasteiger partial charge < -0.3 is 10.1 Å². The number of amides is 1. The Morgan fingerprint density at radius 2 is 1.80 bits per heavy atom. The molecule has 0 aliphatic carbocycles. The second kappa shape index (κ2) is 9.57. The number of methoxy groups -OCH3 is 1. The summed E-state index contributed by atoms with van der Waals surface area (Å²) >= 11 is 0. The van der Waals surface area contributed by atoms with E-state index in [1.165, 1.54) is 0 Å². The molecule has 2 heterocycles. The molecule has 0 spiro atoms. The first kappa shape index (κ1) is 22.2. The molecule has 0 atom stereocenters. The number of sulfonamides is 1. The molecule has 1 saturated heterocycles. The van der Waals surface area contributed by atoms with E-state index < -0.39 is 10.0 Å². The van der Waals surface area contributed by atoms with E-state index in [9.17, 15) is 13.2 Å². The molecule has 7 nitrogen and oxygen atoms in total. The predicted molar refractivity (Wildman–Crippen MR) is 115 cm³/mol. The molecule has 162 valence electrons. The van der Waals surface area contributed by atoms with Gasteiger partial charge in [-0.2, -0.15) is 4.31 Å². The predicted octanol–water partition coefficient (Wildman–Crippen LogP) is 2.74. The van der Waals surface area contributed by atoms with Gasteiger partial charge in [0.2, 0.25) is 15.9 Å². The van der Waals surface area contributed by atoms with Gasteiger partial charge in [0.15, 0.2) is 0 Å². The molecule has 1 N–H and O–H groups in total. The molecular weight excluding hydrogens is 402 g/mol. The van der Waals surface area contributed by atoms with Crippen LogP contribution in [0.15, 0.2) is 35.4 Å². The highest BCUT2D eigenvalue weighted by Gasteiger charge is 2.25. The van der Waals surface area contributed by atoms with Crippen molar-refractivity contribution in [3.63, 3.8) is 0 Å². The highest BCUT2D eigenvalue weighted by atomic mass is 32.2. The molecule has 0 saturated carbocycles. The van der Waals surface area contributed by atoms with Crippen LogP contribution in [-0.2, 0) is 27.8 Å². The van der Waals surface area contributed by atoms with Crippen LogP contribution in [0.3, 0.4) is 0 Å². The van der Waals surface area contributed by atoms with Crippen LogP contribution < -0.4 is 10.1 Å². The zero-order valence-corrected chi connectivity index (χ0v) is 18.6. The Balaban J connectivity index is 1.60. The monoisotopic (exact) mass is 431 g/mol. The van der Waals surface area contributed by atoms with Crippen LogP contribution in [-0.4, -0.2) is 43.8 Å². The molecule has 30 heavy (non-hydrogen) atoms. The number of carbonyl (C=O) groups is 1. The fraction of sp³-hybridized carbons (Fsp3) is 0.455. The first-order valence-electron chi connectivity index (χ1n) is 10.2. The SMILES string of the molecule is COc1c(C)cnc(CNC(=O)Cc2ccc(S(=O)(=O)N3CCCCC3)cc2)c1C. The lowest BCUT2D eigenvalue weighted by molar-refractivity contribution is -0.120. The quantitative estimate of drug-likeness (QED) is 0.728. The van der Waals surface area contributed by atoms with Crippen LogP contribution in [0.1, 0.15) is 41.6 Å². The van der Waals surface area contributed by atoms with Crippen molar-refractivity contribution in [2.75, 3.05) is 20.2 Å². The third-order valence-electron chi connectivity index (χ3n) is 5.44. The normalized spacial score (nSPS) is 15.0. The van der Waals surface area contributed by atoms with Crippen LogP contribution >= 0.6 is 0 Å². The zero-order chi connectivity index (χ0) is 21.7. The van der Waals surface area contributed by atoms with Crippen LogP contribution in [0.2, 0.25) is 0 Å². The second-order valence-electron chi connectivity index (χ2n) is 7.61. The molecule has 1 aliphatic rings. The molecule has 0 bridgehead atoms. The number of aromatic nitrogens is 1. The van der Waals surface area contributed by atoms with Gasteiger partial charge in [-0.1, -0.05) is 18.6 Å². The molecule has 1 aromatic heterocycles. The van der Waals surface area contributed by atoms with E-state index >= 15 is 0 Å². The van der Waals surface area contributed by atoms with Crippen molar-refractivity contribution in [2.45, 2.75) is 51.0 Å². The van der Waals surface area contributed by atoms with E-state index in [1.807, 2.05) is 13.8 Å². The Bertz CT molecular complexity index is 998. The molecule has 1 fully saturated rings. The summed E-state index contributed by atoms with van der Waals surface area (Å²) in [4.78, 5) is 17.0. The fourth-order valence-corrected chi connectivity index (χ4v) is 5.23. The Morgan fingerprint density at radius 3 is 2.43 bits per heavy atom. The number of nitrogens with zero attached hydrogens (tertiary/aromatic N) is 2. The Labute approximate surface area is 178 Å². The van der Waals surface area contributed by atoms with Crippen molar-refractivity contribution in [3.8, 4) is 5.75 Å². The molecule has 2 aromatic rings.